The molecule has 3 nitrogen and oxygen atoms in total. The van der Waals surface area contributed by atoms with Gasteiger partial charge in [0.2, 0.25) is 0 Å². The SMILES string of the molecule is Cc1ccc2c(nc3s/c(=C\c4ccc(F)cc4F)c(=O)n32)c1C. The number of fused-ring (bicyclic) bond motifs is 3. The number of aromatic nitrogens is 2. The molecule has 0 fully saturated rings. The Bertz CT molecular complexity index is 1220. The maximum atomic E-state index is 13.8. The Morgan fingerprint density at radius 1 is 1.17 bits per heavy atom. The molecule has 0 aliphatic rings. The lowest BCUT2D eigenvalue weighted by atomic mass is 10.1. The number of nitrogens with zero attached hydrogens (tertiary/aromatic N) is 2. The first-order valence-electron chi connectivity index (χ1n) is 7.33. The molecular weight excluding hydrogens is 330 g/mol. The summed E-state index contributed by atoms with van der Waals surface area (Å²) < 4.78 is 28.7. The molecule has 0 saturated carbocycles. The van der Waals surface area contributed by atoms with E-state index in [1.807, 2.05) is 26.0 Å². The molecule has 0 bridgehead atoms. The molecule has 4 aromatic rings. The minimum absolute atomic E-state index is 0.175. The van der Waals surface area contributed by atoms with Crippen molar-refractivity contribution in [2.45, 2.75) is 13.8 Å². The van der Waals surface area contributed by atoms with Crippen LogP contribution in [0.4, 0.5) is 8.78 Å². The normalized spacial score (nSPS) is 12.6. The molecule has 0 N–H and O–H groups in total. The number of benzene rings is 2. The summed E-state index contributed by atoms with van der Waals surface area (Å²) in [5.41, 5.74) is 3.63. The van der Waals surface area contributed by atoms with Gasteiger partial charge in [-0.25, -0.2) is 18.2 Å². The number of rotatable bonds is 1. The molecule has 0 aliphatic carbocycles. The second-order valence-corrected chi connectivity index (χ2v) is 6.70. The van der Waals surface area contributed by atoms with E-state index < -0.39 is 11.6 Å². The fraction of sp³-hybridized carbons (Fsp3) is 0.111. The van der Waals surface area contributed by atoms with E-state index >= 15 is 0 Å². The van der Waals surface area contributed by atoms with Crippen LogP contribution in [0.1, 0.15) is 16.7 Å². The highest BCUT2D eigenvalue weighted by Gasteiger charge is 2.14. The number of imidazole rings is 1. The van der Waals surface area contributed by atoms with Crippen LogP contribution in [0.15, 0.2) is 35.1 Å². The summed E-state index contributed by atoms with van der Waals surface area (Å²) in [4.78, 5) is 17.8. The molecular formula is C18H12F2N2OS. The molecule has 120 valence electrons. The second-order valence-electron chi connectivity index (χ2n) is 5.69. The minimum Gasteiger partial charge on any atom is -0.267 e. The van der Waals surface area contributed by atoms with Crippen LogP contribution in [0.5, 0.6) is 0 Å². The number of aryl methyl sites for hydroxylation is 2. The summed E-state index contributed by atoms with van der Waals surface area (Å²) in [6.07, 6.45) is 1.43. The van der Waals surface area contributed by atoms with Crippen LogP contribution in [-0.4, -0.2) is 9.38 Å². The Morgan fingerprint density at radius 2 is 1.96 bits per heavy atom. The molecule has 0 spiro atoms. The van der Waals surface area contributed by atoms with Crippen molar-refractivity contribution in [2.75, 3.05) is 0 Å². The third-order valence-corrected chi connectivity index (χ3v) is 5.15. The van der Waals surface area contributed by atoms with Crippen molar-refractivity contribution in [1.82, 2.24) is 9.38 Å². The average molecular weight is 342 g/mol. The van der Waals surface area contributed by atoms with Gasteiger partial charge in [-0.1, -0.05) is 17.4 Å². The van der Waals surface area contributed by atoms with Gasteiger partial charge in [0, 0.05) is 11.6 Å². The van der Waals surface area contributed by atoms with Crippen molar-refractivity contribution < 1.29 is 8.78 Å². The number of thiazole rings is 1. The van der Waals surface area contributed by atoms with Crippen LogP contribution in [0.3, 0.4) is 0 Å². The second kappa shape index (κ2) is 5.21. The van der Waals surface area contributed by atoms with Crippen LogP contribution in [0, 0.1) is 25.5 Å². The third kappa shape index (κ3) is 2.14. The molecule has 0 unspecified atom stereocenters. The lowest BCUT2D eigenvalue weighted by molar-refractivity contribution is 0.581. The molecule has 6 heteroatoms. The standard InChI is InChI=1S/C18H12F2N2OS/c1-9-3-6-14-16(10(9)2)21-18-22(14)17(23)15(24-18)7-11-4-5-12(19)8-13(11)20/h3-8H,1-2H3/b15-7-. The predicted octanol–water partition coefficient (Wildman–Crippen LogP) is 3.35. The first kappa shape index (κ1) is 15.0. The summed E-state index contributed by atoms with van der Waals surface area (Å²) in [5, 5.41) is 0. The van der Waals surface area contributed by atoms with Crippen LogP contribution >= 0.6 is 11.3 Å². The molecule has 0 aliphatic heterocycles. The zero-order valence-electron chi connectivity index (χ0n) is 12.9. The number of hydrogen-bond acceptors (Lipinski definition) is 3. The van der Waals surface area contributed by atoms with Gasteiger partial charge in [-0.2, -0.15) is 0 Å². The van der Waals surface area contributed by atoms with Gasteiger partial charge in [0.1, 0.15) is 11.6 Å². The van der Waals surface area contributed by atoms with Crippen molar-refractivity contribution in [2.24, 2.45) is 0 Å². The quantitative estimate of drug-likeness (QED) is 0.532. The topological polar surface area (TPSA) is 34.4 Å². The highest BCUT2D eigenvalue weighted by Crippen LogP contribution is 2.22. The van der Waals surface area contributed by atoms with Gasteiger partial charge in [-0.05, 0) is 49.2 Å². The number of hydrogen-bond donors (Lipinski definition) is 0. The molecule has 0 radical (unpaired) electrons. The third-order valence-electron chi connectivity index (χ3n) is 4.18. The highest BCUT2D eigenvalue weighted by molar-refractivity contribution is 7.15. The molecule has 4 rings (SSSR count). The fourth-order valence-electron chi connectivity index (χ4n) is 2.72. The predicted molar refractivity (Wildman–Crippen MR) is 91.5 cm³/mol. The average Bonchev–Trinajstić information content (AvgIpc) is 3.04. The summed E-state index contributed by atoms with van der Waals surface area (Å²) in [6.45, 7) is 3.97. The van der Waals surface area contributed by atoms with Gasteiger partial charge in [-0.3, -0.25) is 4.79 Å². The van der Waals surface area contributed by atoms with Crippen molar-refractivity contribution >= 4 is 33.4 Å². The molecule has 0 amide bonds. The summed E-state index contributed by atoms with van der Waals surface area (Å²) in [5.74, 6) is -1.35. The minimum atomic E-state index is -0.697. The van der Waals surface area contributed by atoms with Gasteiger partial charge in [0.05, 0.1) is 15.6 Å². The lowest BCUT2D eigenvalue weighted by Crippen LogP contribution is -2.22. The van der Waals surface area contributed by atoms with E-state index in [0.717, 1.165) is 28.2 Å². The van der Waals surface area contributed by atoms with Gasteiger partial charge in [0.15, 0.2) is 4.96 Å². The molecule has 2 aromatic heterocycles. The van der Waals surface area contributed by atoms with E-state index in [4.69, 9.17) is 0 Å². The molecule has 2 aromatic carbocycles. The van der Waals surface area contributed by atoms with Crippen LogP contribution in [-0.2, 0) is 0 Å². The Balaban J connectivity index is 2.02. The van der Waals surface area contributed by atoms with Crippen molar-refractivity contribution in [3.8, 4) is 0 Å². The van der Waals surface area contributed by atoms with Crippen molar-refractivity contribution in [3.63, 3.8) is 0 Å². The summed E-state index contributed by atoms with van der Waals surface area (Å²) in [6, 6.07) is 7.11. The summed E-state index contributed by atoms with van der Waals surface area (Å²) >= 11 is 1.20. The lowest BCUT2D eigenvalue weighted by Gasteiger charge is -1.99. The smallest absolute Gasteiger partial charge is 0.267 e. The molecule has 2 heterocycles. The maximum absolute atomic E-state index is 13.8. The number of halogens is 2. The monoisotopic (exact) mass is 342 g/mol. The highest BCUT2D eigenvalue weighted by atomic mass is 32.1. The van der Waals surface area contributed by atoms with E-state index in [9.17, 15) is 13.6 Å². The van der Waals surface area contributed by atoms with Gasteiger partial charge in [0.25, 0.3) is 5.56 Å². The van der Waals surface area contributed by atoms with Gasteiger partial charge < -0.3 is 0 Å². The fourth-order valence-corrected chi connectivity index (χ4v) is 3.70. The molecule has 0 saturated heterocycles. The Morgan fingerprint density at radius 3 is 2.71 bits per heavy atom. The van der Waals surface area contributed by atoms with E-state index in [2.05, 4.69) is 4.98 Å². The van der Waals surface area contributed by atoms with Crippen LogP contribution in [0.2, 0.25) is 0 Å². The Labute approximate surface area is 139 Å². The molecule has 0 atom stereocenters. The summed E-state index contributed by atoms with van der Waals surface area (Å²) in [7, 11) is 0. The van der Waals surface area contributed by atoms with Crippen molar-refractivity contribution in [1.29, 1.82) is 0 Å². The van der Waals surface area contributed by atoms with Gasteiger partial charge in [-0.15, -0.1) is 0 Å². The van der Waals surface area contributed by atoms with Crippen molar-refractivity contribution in [3.05, 3.63) is 73.5 Å². The van der Waals surface area contributed by atoms with E-state index in [-0.39, 0.29) is 11.1 Å². The molecule has 24 heavy (non-hydrogen) atoms. The van der Waals surface area contributed by atoms with Gasteiger partial charge >= 0.3 is 0 Å². The maximum Gasteiger partial charge on any atom is 0.274 e. The zero-order chi connectivity index (χ0) is 17.0. The zero-order valence-corrected chi connectivity index (χ0v) is 13.7. The van der Waals surface area contributed by atoms with E-state index in [1.54, 1.807) is 4.40 Å². The largest absolute Gasteiger partial charge is 0.274 e. The Kier molecular flexibility index (Phi) is 3.25. The van der Waals surface area contributed by atoms with Crippen LogP contribution in [0.25, 0.3) is 22.1 Å². The first-order valence-corrected chi connectivity index (χ1v) is 8.15. The Hall–Kier alpha value is -2.60. The van der Waals surface area contributed by atoms with Crippen LogP contribution < -0.4 is 10.1 Å². The van der Waals surface area contributed by atoms with E-state index in [0.29, 0.717) is 9.49 Å². The van der Waals surface area contributed by atoms with E-state index in [1.165, 1.54) is 29.5 Å². The first-order chi connectivity index (χ1) is 11.5.